The number of likely N-dealkylation sites (tertiary alicyclic amines) is 1. The van der Waals surface area contributed by atoms with E-state index in [0.29, 0.717) is 6.04 Å². The molecule has 2 heteroatoms. The Balaban J connectivity index is 1.97. The van der Waals surface area contributed by atoms with Gasteiger partial charge in [0.15, 0.2) is 0 Å². The van der Waals surface area contributed by atoms with Crippen LogP contribution in [0.3, 0.4) is 0 Å². The molecule has 0 amide bonds. The van der Waals surface area contributed by atoms with Gasteiger partial charge in [-0.3, -0.25) is 4.90 Å². The highest BCUT2D eigenvalue weighted by Gasteiger charge is 2.47. The predicted octanol–water partition coefficient (Wildman–Crippen LogP) is 1.35. The molecule has 2 aliphatic rings. The molecule has 2 rings (SSSR count). The Kier molecular flexibility index (Phi) is 2.13. The van der Waals surface area contributed by atoms with Crippen molar-refractivity contribution in [3.8, 4) is 0 Å². The van der Waals surface area contributed by atoms with Crippen molar-refractivity contribution in [3.05, 3.63) is 0 Å². The fourth-order valence-electron chi connectivity index (χ4n) is 2.56. The van der Waals surface area contributed by atoms with Gasteiger partial charge in [-0.2, -0.15) is 0 Å². The predicted molar refractivity (Wildman–Crippen MR) is 51.0 cm³/mol. The normalized spacial score (nSPS) is 30.5. The molecular formula is C10H20N2. The Morgan fingerprint density at radius 3 is 2.33 bits per heavy atom. The Bertz CT molecular complexity index is 157. The highest BCUT2D eigenvalue weighted by Crippen LogP contribution is 2.40. The first-order chi connectivity index (χ1) is 5.76. The van der Waals surface area contributed by atoms with Crippen LogP contribution >= 0.6 is 0 Å². The molecule has 70 valence electrons. The lowest BCUT2D eigenvalue weighted by atomic mass is 10.0. The zero-order chi connectivity index (χ0) is 8.60. The molecule has 1 aliphatic carbocycles. The van der Waals surface area contributed by atoms with E-state index < -0.39 is 0 Å². The van der Waals surface area contributed by atoms with Gasteiger partial charge in [-0.25, -0.2) is 0 Å². The Hall–Kier alpha value is -0.0800. The van der Waals surface area contributed by atoms with Gasteiger partial charge in [0.1, 0.15) is 0 Å². The Morgan fingerprint density at radius 1 is 1.33 bits per heavy atom. The van der Waals surface area contributed by atoms with Gasteiger partial charge in [0.2, 0.25) is 0 Å². The first-order valence-corrected chi connectivity index (χ1v) is 5.29. The fourth-order valence-corrected chi connectivity index (χ4v) is 2.56. The molecule has 2 fully saturated rings. The minimum atomic E-state index is 0.207. The summed E-state index contributed by atoms with van der Waals surface area (Å²) >= 11 is 0. The van der Waals surface area contributed by atoms with Gasteiger partial charge < -0.3 is 5.73 Å². The molecular weight excluding hydrogens is 148 g/mol. The highest BCUT2D eigenvalue weighted by molar-refractivity contribution is 5.08. The van der Waals surface area contributed by atoms with Crippen LogP contribution in [0.1, 0.15) is 39.0 Å². The summed E-state index contributed by atoms with van der Waals surface area (Å²) in [6.07, 6.45) is 6.50. The van der Waals surface area contributed by atoms with E-state index in [1.54, 1.807) is 0 Å². The molecule has 1 saturated carbocycles. The largest absolute Gasteiger partial charge is 0.324 e. The van der Waals surface area contributed by atoms with Crippen LogP contribution in [0.5, 0.6) is 0 Å². The van der Waals surface area contributed by atoms with E-state index in [4.69, 9.17) is 5.73 Å². The van der Waals surface area contributed by atoms with Gasteiger partial charge in [-0.1, -0.05) is 6.92 Å². The molecule has 1 aliphatic heterocycles. The van der Waals surface area contributed by atoms with Gasteiger partial charge in [0.25, 0.3) is 0 Å². The minimum Gasteiger partial charge on any atom is -0.324 e. The minimum absolute atomic E-state index is 0.207. The lowest BCUT2D eigenvalue weighted by molar-refractivity contribution is 0.194. The van der Waals surface area contributed by atoms with Crippen LogP contribution in [-0.2, 0) is 0 Å². The number of hydrogen-bond donors (Lipinski definition) is 1. The van der Waals surface area contributed by atoms with Crippen LogP contribution in [0.4, 0.5) is 0 Å². The fraction of sp³-hybridized carbons (Fsp3) is 1.00. The average Bonchev–Trinajstić information content (AvgIpc) is 2.63. The van der Waals surface area contributed by atoms with Crippen molar-refractivity contribution >= 4 is 0 Å². The molecule has 2 N–H and O–H groups in total. The number of hydrogen-bond acceptors (Lipinski definition) is 2. The molecule has 0 aromatic heterocycles. The van der Waals surface area contributed by atoms with Crippen LogP contribution in [0.15, 0.2) is 0 Å². The van der Waals surface area contributed by atoms with Crippen molar-refractivity contribution in [2.24, 2.45) is 5.73 Å². The Labute approximate surface area is 75.1 Å². The molecule has 12 heavy (non-hydrogen) atoms. The lowest BCUT2D eigenvalue weighted by Crippen LogP contribution is -2.48. The third-order valence-corrected chi connectivity index (χ3v) is 3.46. The van der Waals surface area contributed by atoms with E-state index in [-0.39, 0.29) is 5.54 Å². The van der Waals surface area contributed by atoms with Crippen LogP contribution in [0.25, 0.3) is 0 Å². The van der Waals surface area contributed by atoms with E-state index in [0.717, 1.165) is 0 Å². The second-order valence-electron chi connectivity index (χ2n) is 4.40. The van der Waals surface area contributed by atoms with Crippen LogP contribution in [0, 0.1) is 0 Å². The van der Waals surface area contributed by atoms with E-state index in [2.05, 4.69) is 11.8 Å². The zero-order valence-corrected chi connectivity index (χ0v) is 8.05. The molecule has 0 bridgehead atoms. The van der Waals surface area contributed by atoms with Gasteiger partial charge >= 0.3 is 0 Å². The van der Waals surface area contributed by atoms with Gasteiger partial charge in [-0.15, -0.1) is 0 Å². The van der Waals surface area contributed by atoms with Crippen LogP contribution in [0.2, 0.25) is 0 Å². The molecule has 0 spiro atoms. The smallest absolute Gasteiger partial charge is 0.0313 e. The van der Waals surface area contributed by atoms with Crippen molar-refractivity contribution in [3.63, 3.8) is 0 Å². The summed E-state index contributed by atoms with van der Waals surface area (Å²) in [7, 11) is 0. The van der Waals surface area contributed by atoms with E-state index in [9.17, 15) is 0 Å². The van der Waals surface area contributed by atoms with Gasteiger partial charge in [0, 0.05) is 11.6 Å². The monoisotopic (exact) mass is 168 g/mol. The van der Waals surface area contributed by atoms with Crippen molar-refractivity contribution in [2.75, 3.05) is 13.1 Å². The zero-order valence-electron chi connectivity index (χ0n) is 8.05. The second-order valence-corrected chi connectivity index (χ2v) is 4.40. The molecule has 1 atom stereocenters. The topological polar surface area (TPSA) is 29.3 Å². The van der Waals surface area contributed by atoms with E-state index in [1.165, 1.54) is 45.2 Å². The van der Waals surface area contributed by atoms with Crippen LogP contribution in [-0.4, -0.2) is 29.6 Å². The first kappa shape index (κ1) is 8.52. The molecule has 1 saturated heterocycles. The summed E-state index contributed by atoms with van der Waals surface area (Å²) in [6.45, 7) is 4.85. The molecule has 0 aromatic rings. The number of rotatable bonds is 3. The quantitative estimate of drug-likeness (QED) is 0.689. The van der Waals surface area contributed by atoms with Crippen molar-refractivity contribution in [1.82, 2.24) is 4.90 Å². The van der Waals surface area contributed by atoms with E-state index in [1.807, 2.05) is 0 Å². The highest BCUT2D eigenvalue weighted by atomic mass is 15.2. The maximum atomic E-state index is 6.24. The standard InChI is InChI=1S/C10H20N2/c1-2-9(10(11)5-6-10)12-7-3-4-8-12/h9H,2-8,11H2,1H3. The summed E-state index contributed by atoms with van der Waals surface area (Å²) in [6, 6.07) is 0.681. The summed E-state index contributed by atoms with van der Waals surface area (Å²) in [5.41, 5.74) is 6.45. The van der Waals surface area contributed by atoms with Gasteiger partial charge in [0.05, 0.1) is 0 Å². The van der Waals surface area contributed by atoms with Crippen LogP contribution < -0.4 is 5.73 Å². The third kappa shape index (κ3) is 1.38. The van der Waals surface area contributed by atoms with Crippen molar-refractivity contribution in [2.45, 2.75) is 50.6 Å². The first-order valence-electron chi connectivity index (χ1n) is 5.29. The molecule has 2 nitrogen and oxygen atoms in total. The molecule has 1 unspecified atom stereocenters. The van der Waals surface area contributed by atoms with E-state index >= 15 is 0 Å². The van der Waals surface area contributed by atoms with Crippen molar-refractivity contribution in [1.29, 1.82) is 0 Å². The van der Waals surface area contributed by atoms with Crippen molar-refractivity contribution < 1.29 is 0 Å². The molecule has 0 radical (unpaired) electrons. The maximum Gasteiger partial charge on any atom is 0.0313 e. The average molecular weight is 168 g/mol. The summed E-state index contributed by atoms with van der Waals surface area (Å²) in [5, 5.41) is 0. The summed E-state index contributed by atoms with van der Waals surface area (Å²) in [5.74, 6) is 0. The summed E-state index contributed by atoms with van der Waals surface area (Å²) in [4.78, 5) is 2.60. The second kappa shape index (κ2) is 3.00. The SMILES string of the molecule is CCC(N1CCCC1)C1(N)CC1. The van der Waals surface area contributed by atoms with Gasteiger partial charge in [-0.05, 0) is 45.2 Å². The lowest BCUT2D eigenvalue weighted by Gasteiger charge is -2.31. The number of nitrogens with zero attached hydrogens (tertiary/aromatic N) is 1. The number of nitrogens with two attached hydrogens (primary N) is 1. The molecule has 0 aromatic carbocycles. The third-order valence-electron chi connectivity index (χ3n) is 3.46. The molecule has 1 heterocycles. The maximum absolute atomic E-state index is 6.24. The summed E-state index contributed by atoms with van der Waals surface area (Å²) < 4.78 is 0. The Morgan fingerprint density at radius 2 is 1.92 bits per heavy atom.